The minimum Gasteiger partial charge on any atom is -0.389 e. The first-order valence-corrected chi connectivity index (χ1v) is 14.4. The van der Waals surface area contributed by atoms with E-state index in [9.17, 15) is 14.7 Å². The van der Waals surface area contributed by atoms with E-state index in [1.165, 1.54) is 0 Å². The topological polar surface area (TPSA) is 94.6 Å². The molecule has 2 fully saturated rings. The van der Waals surface area contributed by atoms with Crippen LogP contribution < -0.4 is 10.6 Å². The highest BCUT2D eigenvalue weighted by atomic mass is 35.5. The van der Waals surface area contributed by atoms with E-state index < -0.39 is 12.1 Å². The highest BCUT2D eigenvalue weighted by Gasteiger charge is 2.34. The summed E-state index contributed by atoms with van der Waals surface area (Å²) in [7, 11) is 0. The van der Waals surface area contributed by atoms with E-state index in [-0.39, 0.29) is 23.9 Å². The van der Waals surface area contributed by atoms with Crippen molar-refractivity contribution < 1.29 is 14.7 Å². The van der Waals surface area contributed by atoms with Gasteiger partial charge in [-0.3, -0.25) is 9.59 Å². The number of carbonyl (C=O) groups is 2. The number of aliphatic hydroxyl groups is 1. The number of thiazole rings is 1. The van der Waals surface area contributed by atoms with Crippen LogP contribution in [0.3, 0.4) is 0 Å². The second-order valence-electron chi connectivity index (χ2n) is 10.2. The Hall–Kier alpha value is -2.78. The summed E-state index contributed by atoms with van der Waals surface area (Å²) in [5.41, 5.74) is 2.65. The zero-order chi connectivity index (χ0) is 26.6. The average Bonchev–Trinajstić information content (AvgIpc) is 3.69. The minimum atomic E-state index is -0.756. The van der Waals surface area contributed by atoms with Crippen LogP contribution in [0.2, 0.25) is 5.02 Å². The molecule has 4 atom stereocenters. The molecule has 38 heavy (non-hydrogen) atoms. The van der Waals surface area contributed by atoms with Gasteiger partial charge in [0.1, 0.15) is 5.01 Å². The Morgan fingerprint density at radius 1 is 1.18 bits per heavy atom. The van der Waals surface area contributed by atoms with Crippen molar-refractivity contribution in [3.63, 3.8) is 0 Å². The Labute approximate surface area is 232 Å². The SMILES string of the molecule is Cc1csc([C@H]2CCCN2C(=O)c2cc(Cl)cc(C(=O)N[C@@H](Cc3ccccc3)[C@H](O)[C@H]3CCCN3)c2)n1. The molecule has 1 aromatic heterocycles. The van der Waals surface area contributed by atoms with Gasteiger partial charge in [-0.2, -0.15) is 0 Å². The summed E-state index contributed by atoms with van der Waals surface area (Å²) in [5.74, 6) is -0.527. The van der Waals surface area contributed by atoms with Gasteiger partial charge in [-0.1, -0.05) is 41.9 Å². The molecule has 200 valence electrons. The summed E-state index contributed by atoms with van der Waals surface area (Å²) in [6, 6.07) is 13.9. The van der Waals surface area contributed by atoms with Gasteiger partial charge in [0.2, 0.25) is 0 Å². The van der Waals surface area contributed by atoms with Gasteiger partial charge in [0.05, 0.1) is 18.2 Å². The van der Waals surface area contributed by atoms with E-state index >= 15 is 0 Å². The second kappa shape index (κ2) is 11.9. The molecule has 0 radical (unpaired) electrons. The van der Waals surface area contributed by atoms with Gasteiger partial charge in [-0.15, -0.1) is 11.3 Å². The summed E-state index contributed by atoms with van der Waals surface area (Å²) < 4.78 is 0. The molecule has 2 saturated heterocycles. The van der Waals surface area contributed by atoms with E-state index in [1.807, 2.05) is 47.5 Å². The predicted molar refractivity (Wildman–Crippen MR) is 150 cm³/mol. The molecule has 2 aromatic carbocycles. The molecule has 9 heteroatoms. The fourth-order valence-electron chi connectivity index (χ4n) is 5.46. The lowest BCUT2D eigenvalue weighted by molar-refractivity contribution is 0.0733. The monoisotopic (exact) mass is 552 g/mol. The Morgan fingerprint density at radius 2 is 1.97 bits per heavy atom. The normalized spacial score (nSPS) is 20.9. The predicted octanol–water partition coefficient (Wildman–Crippen LogP) is 4.54. The number of amides is 2. The Bertz CT molecular complexity index is 1280. The van der Waals surface area contributed by atoms with Gasteiger partial charge in [0.25, 0.3) is 11.8 Å². The number of benzene rings is 2. The van der Waals surface area contributed by atoms with E-state index in [4.69, 9.17) is 11.6 Å². The number of hydrogen-bond acceptors (Lipinski definition) is 6. The molecule has 2 aliphatic heterocycles. The molecule has 5 rings (SSSR count). The molecule has 0 saturated carbocycles. The van der Waals surface area contributed by atoms with Crippen LogP contribution in [0.1, 0.15) is 68.7 Å². The first kappa shape index (κ1) is 26.8. The summed E-state index contributed by atoms with van der Waals surface area (Å²) >= 11 is 7.98. The first-order valence-electron chi connectivity index (χ1n) is 13.2. The molecule has 2 aliphatic rings. The Kier molecular flexibility index (Phi) is 8.43. The van der Waals surface area contributed by atoms with Crippen molar-refractivity contribution in [1.29, 1.82) is 0 Å². The third kappa shape index (κ3) is 6.10. The van der Waals surface area contributed by atoms with E-state index in [2.05, 4.69) is 15.6 Å². The molecule has 0 aliphatic carbocycles. The van der Waals surface area contributed by atoms with Crippen molar-refractivity contribution in [3.05, 3.63) is 86.3 Å². The summed E-state index contributed by atoms with van der Waals surface area (Å²) in [4.78, 5) is 33.5. The van der Waals surface area contributed by atoms with Crippen LogP contribution in [-0.2, 0) is 6.42 Å². The standard InChI is InChI=1S/C29H33ClN4O3S/c1-18-17-38-28(32-18)25-10-6-12-34(25)29(37)21-14-20(15-22(30)16-21)27(36)33-24(13-19-7-3-2-4-8-19)26(35)23-9-5-11-31-23/h2-4,7-8,14-17,23-26,31,35H,5-6,9-13H2,1H3,(H,33,36)/t23-,24+,25-,26-/m1/s1. The van der Waals surface area contributed by atoms with Crippen LogP contribution in [0.4, 0.5) is 0 Å². The van der Waals surface area contributed by atoms with Gasteiger partial charge < -0.3 is 20.6 Å². The van der Waals surface area contributed by atoms with E-state index in [1.54, 1.807) is 29.5 Å². The number of nitrogens with zero attached hydrogens (tertiary/aromatic N) is 2. The molecule has 0 spiro atoms. The minimum absolute atomic E-state index is 0.0678. The molecular formula is C29H33ClN4O3S. The van der Waals surface area contributed by atoms with Crippen molar-refractivity contribution >= 4 is 34.8 Å². The highest BCUT2D eigenvalue weighted by molar-refractivity contribution is 7.09. The van der Waals surface area contributed by atoms with Gasteiger partial charge >= 0.3 is 0 Å². The molecule has 0 unspecified atom stereocenters. The maximum absolute atomic E-state index is 13.6. The number of likely N-dealkylation sites (tertiary alicyclic amines) is 1. The van der Waals surface area contributed by atoms with Crippen LogP contribution in [0.5, 0.6) is 0 Å². The summed E-state index contributed by atoms with van der Waals surface area (Å²) in [6.45, 7) is 3.44. The van der Waals surface area contributed by atoms with E-state index in [0.29, 0.717) is 29.1 Å². The number of rotatable bonds is 8. The molecule has 3 N–H and O–H groups in total. The van der Waals surface area contributed by atoms with Crippen molar-refractivity contribution in [1.82, 2.24) is 20.5 Å². The number of hydrogen-bond donors (Lipinski definition) is 3. The number of halogens is 1. The van der Waals surface area contributed by atoms with Crippen molar-refractivity contribution in [2.45, 2.75) is 63.3 Å². The Morgan fingerprint density at radius 3 is 2.68 bits per heavy atom. The zero-order valence-corrected chi connectivity index (χ0v) is 23.0. The molecule has 0 bridgehead atoms. The second-order valence-corrected chi connectivity index (χ2v) is 11.5. The molecular weight excluding hydrogens is 520 g/mol. The van der Waals surface area contributed by atoms with Crippen molar-refractivity contribution in [2.75, 3.05) is 13.1 Å². The number of carbonyl (C=O) groups excluding carboxylic acids is 2. The highest BCUT2D eigenvalue weighted by Crippen LogP contribution is 2.35. The molecule has 3 heterocycles. The third-order valence-electron chi connectivity index (χ3n) is 7.38. The van der Waals surface area contributed by atoms with Crippen LogP contribution in [0, 0.1) is 6.92 Å². The van der Waals surface area contributed by atoms with Crippen LogP contribution >= 0.6 is 22.9 Å². The summed E-state index contributed by atoms with van der Waals surface area (Å²) in [5, 5.41) is 20.8. The van der Waals surface area contributed by atoms with Gasteiger partial charge in [0.15, 0.2) is 0 Å². The number of aliphatic hydroxyl groups excluding tert-OH is 1. The first-order chi connectivity index (χ1) is 18.4. The quantitative estimate of drug-likeness (QED) is 0.381. The third-order valence-corrected chi connectivity index (χ3v) is 8.66. The molecule has 7 nitrogen and oxygen atoms in total. The lowest BCUT2D eigenvalue weighted by Gasteiger charge is -2.29. The average molecular weight is 553 g/mol. The smallest absolute Gasteiger partial charge is 0.254 e. The van der Waals surface area contributed by atoms with Crippen molar-refractivity contribution in [2.24, 2.45) is 0 Å². The lowest BCUT2D eigenvalue weighted by Crippen LogP contribution is -2.52. The largest absolute Gasteiger partial charge is 0.389 e. The summed E-state index contributed by atoms with van der Waals surface area (Å²) in [6.07, 6.45) is 3.34. The van der Waals surface area contributed by atoms with Crippen LogP contribution in [0.15, 0.2) is 53.9 Å². The maximum Gasteiger partial charge on any atom is 0.254 e. The number of aryl methyl sites for hydroxylation is 1. The lowest BCUT2D eigenvalue weighted by atomic mass is 9.95. The molecule has 3 aromatic rings. The fraction of sp³-hybridized carbons (Fsp3) is 0.414. The Balaban J connectivity index is 1.36. The van der Waals surface area contributed by atoms with Gasteiger partial charge in [-0.05, 0) is 69.3 Å². The van der Waals surface area contributed by atoms with Crippen LogP contribution in [0.25, 0.3) is 0 Å². The molecule has 2 amide bonds. The maximum atomic E-state index is 13.6. The van der Waals surface area contributed by atoms with Gasteiger partial charge in [-0.25, -0.2) is 4.98 Å². The number of aromatic nitrogens is 1. The van der Waals surface area contributed by atoms with Gasteiger partial charge in [0, 0.05) is 39.8 Å². The van der Waals surface area contributed by atoms with Crippen molar-refractivity contribution in [3.8, 4) is 0 Å². The number of nitrogens with one attached hydrogen (secondary N) is 2. The van der Waals surface area contributed by atoms with Crippen LogP contribution in [-0.4, -0.2) is 58.1 Å². The fourth-order valence-corrected chi connectivity index (χ4v) is 6.64. The van der Waals surface area contributed by atoms with E-state index in [0.717, 1.165) is 48.5 Å². The zero-order valence-electron chi connectivity index (χ0n) is 21.4.